The average Bonchev–Trinajstić information content (AvgIpc) is 2.27. The van der Waals surface area contributed by atoms with E-state index >= 15 is 0 Å². The van der Waals surface area contributed by atoms with Gasteiger partial charge in [0, 0.05) is 17.2 Å². The lowest BCUT2D eigenvalue weighted by Gasteiger charge is -2.09. The van der Waals surface area contributed by atoms with Crippen LogP contribution in [0.4, 0.5) is 0 Å². The fourth-order valence-electron chi connectivity index (χ4n) is 1.35. The summed E-state index contributed by atoms with van der Waals surface area (Å²) in [6, 6.07) is 4.67. The van der Waals surface area contributed by atoms with E-state index in [0.717, 1.165) is 0 Å². The van der Waals surface area contributed by atoms with E-state index in [-0.39, 0.29) is 18.6 Å². The molecule has 0 aliphatic rings. The van der Waals surface area contributed by atoms with Crippen LogP contribution in [0.5, 0.6) is 0 Å². The van der Waals surface area contributed by atoms with Crippen molar-refractivity contribution in [3.8, 4) is 0 Å². The third-order valence-corrected chi connectivity index (χ3v) is 2.02. The first-order chi connectivity index (χ1) is 7.56. The maximum Gasteiger partial charge on any atom is 0.251 e. The van der Waals surface area contributed by atoms with Gasteiger partial charge < -0.3 is 10.4 Å². The number of nitrogens with one attached hydrogen (secondary N) is 1. The van der Waals surface area contributed by atoms with Crippen LogP contribution in [-0.2, 0) is 6.61 Å². The minimum atomic E-state index is -0.242. The molecule has 0 bridgehead atoms. The van der Waals surface area contributed by atoms with E-state index in [4.69, 9.17) is 5.11 Å². The number of amides is 1. The van der Waals surface area contributed by atoms with E-state index in [1.54, 1.807) is 12.1 Å². The van der Waals surface area contributed by atoms with Crippen molar-refractivity contribution in [1.82, 2.24) is 5.32 Å². The Bertz CT molecular complexity index is 399. The quantitative estimate of drug-likeness (QED) is 0.749. The minimum Gasteiger partial charge on any atom is -0.392 e. The molecule has 2 N–H and O–H groups in total. The molecule has 1 amide bonds. The molecule has 0 radical (unpaired) electrons. The number of aliphatic hydroxyl groups is 1. The first-order valence-electron chi connectivity index (χ1n) is 5.07. The Morgan fingerprint density at radius 3 is 2.62 bits per heavy atom. The van der Waals surface area contributed by atoms with Crippen LogP contribution in [0.2, 0.25) is 0 Å². The molecule has 0 heterocycles. The van der Waals surface area contributed by atoms with Gasteiger partial charge in [0.2, 0.25) is 0 Å². The molecule has 4 heteroatoms. The van der Waals surface area contributed by atoms with Gasteiger partial charge in [0.05, 0.1) is 6.61 Å². The molecule has 0 aromatic heterocycles. The maximum absolute atomic E-state index is 11.7. The maximum atomic E-state index is 11.7. The van der Waals surface area contributed by atoms with Crippen LogP contribution in [0.15, 0.2) is 18.2 Å². The molecule has 0 fully saturated rings. The summed E-state index contributed by atoms with van der Waals surface area (Å²) in [4.78, 5) is 22.3. The number of carbonyl (C=O) groups excluding carboxylic acids is 2. The number of rotatable bonds is 4. The molecule has 86 valence electrons. The van der Waals surface area contributed by atoms with Crippen molar-refractivity contribution in [2.24, 2.45) is 0 Å². The van der Waals surface area contributed by atoms with Gasteiger partial charge in [0.1, 0.15) is 6.29 Å². The molecule has 1 rings (SSSR count). The zero-order chi connectivity index (χ0) is 12.1. The van der Waals surface area contributed by atoms with Gasteiger partial charge in [-0.2, -0.15) is 0 Å². The highest BCUT2D eigenvalue weighted by molar-refractivity contribution is 5.96. The standard InChI is InChI=1S/C12H15NO3/c1-8(2)13-12(16)11-4-9(6-14)3-10(5-11)7-15/h3-6,8,15H,7H2,1-2H3,(H,13,16). The summed E-state index contributed by atoms with van der Waals surface area (Å²) in [5, 5.41) is 11.7. The molecule has 0 aliphatic carbocycles. The third kappa shape index (κ3) is 3.17. The lowest BCUT2D eigenvalue weighted by atomic mass is 10.1. The Kier molecular flexibility index (Phi) is 4.19. The molecular weight excluding hydrogens is 206 g/mol. The van der Waals surface area contributed by atoms with Crippen molar-refractivity contribution in [2.45, 2.75) is 26.5 Å². The molecule has 1 aromatic carbocycles. The Morgan fingerprint density at radius 2 is 2.12 bits per heavy atom. The zero-order valence-electron chi connectivity index (χ0n) is 9.36. The van der Waals surface area contributed by atoms with Gasteiger partial charge in [-0.15, -0.1) is 0 Å². The monoisotopic (exact) mass is 221 g/mol. The minimum absolute atomic E-state index is 0.0324. The van der Waals surface area contributed by atoms with E-state index in [9.17, 15) is 9.59 Å². The Balaban J connectivity index is 3.03. The fraction of sp³-hybridized carbons (Fsp3) is 0.333. The summed E-state index contributed by atoms with van der Waals surface area (Å²) >= 11 is 0. The Morgan fingerprint density at radius 1 is 1.44 bits per heavy atom. The lowest BCUT2D eigenvalue weighted by Crippen LogP contribution is -2.30. The topological polar surface area (TPSA) is 66.4 Å². The highest BCUT2D eigenvalue weighted by Crippen LogP contribution is 2.09. The average molecular weight is 221 g/mol. The summed E-state index contributed by atoms with van der Waals surface area (Å²) in [6.45, 7) is 3.52. The molecule has 0 atom stereocenters. The fourth-order valence-corrected chi connectivity index (χ4v) is 1.35. The van der Waals surface area contributed by atoms with Crippen LogP contribution >= 0.6 is 0 Å². The predicted octanol–water partition coefficient (Wildman–Crippen LogP) is 1.13. The SMILES string of the molecule is CC(C)NC(=O)c1cc(C=O)cc(CO)c1. The smallest absolute Gasteiger partial charge is 0.251 e. The van der Waals surface area contributed by atoms with Crippen LogP contribution in [-0.4, -0.2) is 23.3 Å². The largest absolute Gasteiger partial charge is 0.392 e. The molecule has 0 aliphatic heterocycles. The number of aliphatic hydroxyl groups excluding tert-OH is 1. The number of aldehydes is 1. The first kappa shape index (κ1) is 12.4. The van der Waals surface area contributed by atoms with Crippen molar-refractivity contribution in [3.63, 3.8) is 0 Å². The molecule has 1 aromatic rings. The van der Waals surface area contributed by atoms with E-state index in [1.165, 1.54) is 6.07 Å². The van der Waals surface area contributed by atoms with Gasteiger partial charge in [-0.05, 0) is 37.6 Å². The summed E-state index contributed by atoms with van der Waals surface area (Å²) in [5.74, 6) is -0.242. The molecular formula is C12H15NO3. The van der Waals surface area contributed by atoms with Gasteiger partial charge in [0.25, 0.3) is 5.91 Å². The van der Waals surface area contributed by atoms with Crippen molar-refractivity contribution in [1.29, 1.82) is 0 Å². The van der Waals surface area contributed by atoms with Gasteiger partial charge >= 0.3 is 0 Å². The second-order valence-corrected chi connectivity index (χ2v) is 3.87. The Labute approximate surface area is 94.3 Å². The second kappa shape index (κ2) is 5.42. The summed E-state index contributed by atoms with van der Waals surface area (Å²) < 4.78 is 0. The highest BCUT2D eigenvalue weighted by Gasteiger charge is 2.09. The van der Waals surface area contributed by atoms with Gasteiger partial charge in [0.15, 0.2) is 0 Å². The third-order valence-electron chi connectivity index (χ3n) is 2.02. The van der Waals surface area contributed by atoms with Crippen molar-refractivity contribution in [3.05, 3.63) is 34.9 Å². The van der Waals surface area contributed by atoms with Gasteiger partial charge in [-0.25, -0.2) is 0 Å². The van der Waals surface area contributed by atoms with E-state index in [2.05, 4.69) is 5.32 Å². The van der Waals surface area contributed by atoms with Crippen LogP contribution in [0.25, 0.3) is 0 Å². The number of carbonyl (C=O) groups is 2. The van der Waals surface area contributed by atoms with Crippen molar-refractivity contribution in [2.75, 3.05) is 0 Å². The highest BCUT2D eigenvalue weighted by atomic mass is 16.3. The normalized spacial score (nSPS) is 10.2. The predicted molar refractivity (Wildman–Crippen MR) is 60.4 cm³/mol. The molecule has 4 nitrogen and oxygen atoms in total. The molecule has 0 unspecified atom stereocenters. The molecule has 0 saturated heterocycles. The molecule has 16 heavy (non-hydrogen) atoms. The van der Waals surface area contributed by atoms with E-state index in [1.807, 2.05) is 13.8 Å². The number of hydrogen-bond donors (Lipinski definition) is 2. The Hall–Kier alpha value is -1.68. The number of benzene rings is 1. The van der Waals surface area contributed by atoms with E-state index < -0.39 is 0 Å². The van der Waals surface area contributed by atoms with E-state index in [0.29, 0.717) is 23.0 Å². The lowest BCUT2D eigenvalue weighted by molar-refractivity contribution is 0.0943. The van der Waals surface area contributed by atoms with Crippen LogP contribution in [0.3, 0.4) is 0 Å². The van der Waals surface area contributed by atoms with Gasteiger partial charge in [-0.3, -0.25) is 9.59 Å². The van der Waals surface area contributed by atoms with Crippen LogP contribution in [0, 0.1) is 0 Å². The number of hydrogen-bond acceptors (Lipinski definition) is 3. The van der Waals surface area contributed by atoms with Crippen LogP contribution in [0.1, 0.15) is 40.1 Å². The molecule has 0 spiro atoms. The first-order valence-corrected chi connectivity index (χ1v) is 5.07. The summed E-state index contributed by atoms with van der Waals surface area (Å²) in [6.07, 6.45) is 0.658. The van der Waals surface area contributed by atoms with Crippen molar-refractivity contribution < 1.29 is 14.7 Å². The zero-order valence-corrected chi connectivity index (χ0v) is 9.36. The second-order valence-electron chi connectivity index (χ2n) is 3.87. The molecule has 0 saturated carbocycles. The van der Waals surface area contributed by atoms with Crippen LogP contribution < -0.4 is 5.32 Å². The summed E-state index contributed by atoms with van der Waals surface area (Å²) in [5.41, 5.74) is 1.33. The van der Waals surface area contributed by atoms with Crippen molar-refractivity contribution >= 4 is 12.2 Å². The summed E-state index contributed by atoms with van der Waals surface area (Å²) in [7, 11) is 0. The van der Waals surface area contributed by atoms with Gasteiger partial charge in [-0.1, -0.05) is 0 Å².